The lowest BCUT2D eigenvalue weighted by atomic mass is 10.1. The van der Waals surface area contributed by atoms with E-state index in [9.17, 15) is 20.2 Å². The Morgan fingerprint density at radius 1 is 0.857 bits per heavy atom. The van der Waals surface area contributed by atoms with Gasteiger partial charge >= 0.3 is 0 Å². The molecule has 2 aromatic carbocycles. The summed E-state index contributed by atoms with van der Waals surface area (Å²) in [5.41, 5.74) is 0.730. The maximum Gasteiger partial charge on any atom is 0.270 e. The number of benzene rings is 2. The molecule has 0 aliphatic carbocycles. The number of hydrogen-bond acceptors (Lipinski definition) is 4. The standard InChI is InChI=1S/C14H7ClN2O4/c15-14-8-7-13(17(20)21)9-11(14)4-1-10-2-5-12(6-3-10)16(18)19/h2-3,5-9H. The fourth-order valence-electron chi connectivity index (χ4n) is 1.53. The molecule has 7 heteroatoms. The van der Waals surface area contributed by atoms with Gasteiger partial charge in [-0.3, -0.25) is 20.2 Å². The largest absolute Gasteiger partial charge is 0.270 e. The zero-order chi connectivity index (χ0) is 15.4. The summed E-state index contributed by atoms with van der Waals surface area (Å²) in [6, 6.07) is 9.63. The molecule has 0 aromatic heterocycles. The molecule has 0 atom stereocenters. The first-order valence-electron chi connectivity index (χ1n) is 5.68. The lowest BCUT2D eigenvalue weighted by Gasteiger charge is -1.96. The molecule has 2 rings (SSSR count). The van der Waals surface area contributed by atoms with E-state index in [4.69, 9.17) is 11.6 Å². The molecule has 0 spiro atoms. The van der Waals surface area contributed by atoms with E-state index >= 15 is 0 Å². The van der Waals surface area contributed by atoms with Crippen LogP contribution in [0, 0.1) is 32.1 Å². The van der Waals surface area contributed by atoms with Gasteiger partial charge < -0.3 is 0 Å². The number of nitro benzene ring substituents is 2. The second kappa shape index (κ2) is 6.03. The van der Waals surface area contributed by atoms with Crippen LogP contribution < -0.4 is 0 Å². The van der Waals surface area contributed by atoms with Crippen molar-refractivity contribution in [3.63, 3.8) is 0 Å². The Labute approximate surface area is 124 Å². The number of halogens is 1. The van der Waals surface area contributed by atoms with Gasteiger partial charge in [0.15, 0.2) is 0 Å². The van der Waals surface area contributed by atoms with Crippen molar-refractivity contribution in [1.82, 2.24) is 0 Å². The third-order valence-electron chi connectivity index (χ3n) is 2.58. The maximum absolute atomic E-state index is 10.7. The molecular weight excluding hydrogens is 296 g/mol. The first-order valence-corrected chi connectivity index (χ1v) is 6.05. The molecule has 0 fully saturated rings. The SMILES string of the molecule is O=[N+]([O-])c1ccc(C#Cc2cc([N+](=O)[O-])ccc2Cl)cc1. The topological polar surface area (TPSA) is 86.3 Å². The number of hydrogen-bond donors (Lipinski definition) is 0. The van der Waals surface area contributed by atoms with Crippen molar-refractivity contribution in [2.24, 2.45) is 0 Å². The molecule has 0 saturated carbocycles. The van der Waals surface area contributed by atoms with Gasteiger partial charge in [0.25, 0.3) is 11.4 Å². The first-order chi connectivity index (χ1) is 9.97. The van der Waals surface area contributed by atoms with Crippen LogP contribution in [-0.4, -0.2) is 9.85 Å². The Balaban J connectivity index is 2.32. The summed E-state index contributed by atoms with van der Waals surface area (Å²) in [6.45, 7) is 0. The van der Waals surface area contributed by atoms with Gasteiger partial charge in [-0.15, -0.1) is 0 Å². The minimum Gasteiger partial charge on any atom is -0.258 e. The molecule has 0 aliphatic rings. The summed E-state index contributed by atoms with van der Waals surface area (Å²) in [6.07, 6.45) is 0. The summed E-state index contributed by atoms with van der Waals surface area (Å²) in [7, 11) is 0. The minimum absolute atomic E-state index is 0.0334. The summed E-state index contributed by atoms with van der Waals surface area (Å²) < 4.78 is 0. The lowest BCUT2D eigenvalue weighted by Crippen LogP contribution is -1.89. The fourth-order valence-corrected chi connectivity index (χ4v) is 1.69. The van der Waals surface area contributed by atoms with Crippen LogP contribution in [0.5, 0.6) is 0 Å². The summed E-state index contributed by atoms with van der Waals surface area (Å²) >= 11 is 5.92. The molecule has 0 bridgehead atoms. The zero-order valence-electron chi connectivity index (χ0n) is 10.4. The van der Waals surface area contributed by atoms with Crippen LogP contribution >= 0.6 is 11.6 Å². The molecular formula is C14H7ClN2O4. The van der Waals surface area contributed by atoms with E-state index in [0.717, 1.165) is 0 Å². The van der Waals surface area contributed by atoms with E-state index in [0.29, 0.717) is 16.1 Å². The molecule has 0 amide bonds. The monoisotopic (exact) mass is 302 g/mol. The van der Waals surface area contributed by atoms with E-state index in [2.05, 4.69) is 11.8 Å². The zero-order valence-corrected chi connectivity index (χ0v) is 11.2. The van der Waals surface area contributed by atoms with Crippen LogP contribution in [0.4, 0.5) is 11.4 Å². The predicted octanol–water partition coefficient (Wildman–Crippen LogP) is 3.56. The van der Waals surface area contributed by atoms with Crippen molar-refractivity contribution in [1.29, 1.82) is 0 Å². The van der Waals surface area contributed by atoms with Crippen molar-refractivity contribution in [2.75, 3.05) is 0 Å². The molecule has 0 N–H and O–H groups in total. The van der Waals surface area contributed by atoms with E-state index in [1.165, 1.54) is 42.5 Å². The molecule has 104 valence electrons. The smallest absolute Gasteiger partial charge is 0.258 e. The van der Waals surface area contributed by atoms with Crippen molar-refractivity contribution in [3.8, 4) is 11.8 Å². The van der Waals surface area contributed by atoms with Crippen LogP contribution in [0.3, 0.4) is 0 Å². The fraction of sp³-hybridized carbons (Fsp3) is 0. The molecule has 21 heavy (non-hydrogen) atoms. The Morgan fingerprint density at radius 3 is 2.00 bits per heavy atom. The Morgan fingerprint density at radius 2 is 1.43 bits per heavy atom. The van der Waals surface area contributed by atoms with Crippen LogP contribution in [0.2, 0.25) is 5.02 Å². The highest BCUT2D eigenvalue weighted by molar-refractivity contribution is 6.31. The molecule has 0 saturated heterocycles. The molecule has 0 radical (unpaired) electrons. The molecule has 6 nitrogen and oxygen atoms in total. The summed E-state index contributed by atoms with van der Waals surface area (Å²) in [4.78, 5) is 20.2. The van der Waals surface area contributed by atoms with Gasteiger partial charge in [0, 0.05) is 29.8 Å². The highest BCUT2D eigenvalue weighted by atomic mass is 35.5. The average molecular weight is 303 g/mol. The average Bonchev–Trinajstić information content (AvgIpc) is 2.46. The number of rotatable bonds is 2. The van der Waals surface area contributed by atoms with Gasteiger partial charge in [0.2, 0.25) is 0 Å². The van der Waals surface area contributed by atoms with Crippen molar-refractivity contribution < 1.29 is 9.85 Å². The quantitative estimate of drug-likeness (QED) is 0.482. The summed E-state index contributed by atoms with van der Waals surface area (Å²) in [5, 5.41) is 21.5. The van der Waals surface area contributed by atoms with Crippen LogP contribution in [0.15, 0.2) is 42.5 Å². The van der Waals surface area contributed by atoms with Crippen LogP contribution in [-0.2, 0) is 0 Å². The molecule has 2 aromatic rings. The van der Waals surface area contributed by atoms with Gasteiger partial charge in [-0.25, -0.2) is 0 Å². The Bertz CT molecular complexity index is 776. The van der Waals surface area contributed by atoms with Crippen molar-refractivity contribution in [3.05, 3.63) is 78.8 Å². The minimum atomic E-state index is -0.534. The second-order valence-electron chi connectivity index (χ2n) is 3.98. The van der Waals surface area contributed by atoms with Crippen molar-refractivity contribution in [2.45, 2.75) is 0 Å². The highest BCUT2D eigenvalue weighted by Crippen LogP contribution is 2.21. The van der Waals surface area contributed by atoms with Crippen molar-refractivity contribution >= 4 is 23.0 Å². The van der Waals surface area contributed by atoms with Gasteiger partial charge in [0.1, 0.15) is 0 Å². The molecule has 0 aliphatic heterocycles. The lowest BCUT2D eigenvalue weighted by molar-refractivity contribution is -0.385. The maximum atomic E-state index is 10.7. The number of nitrogens with zero attached hydrogens (tertiary/aromatic N) is 2. The predicted molar refractivity (Wildman–Crippen MR) is 77.2 cm³/mol. The number of nitro groups is 2. The highest BCUT2D eigenvalue weighted by Gasteiger charge is 2.08. The van der Waals surface area contributed by atoms with E-state index in [1.54, 1.807) is 0 Å². The van der Waals surface area contributed by atoms with Crippen LogP contribution in [0.1, 0.15) is 11.1 Å². The third kappa shape index (κ3) is 3.55. The first kappa shape index (κ1) is 14.5. The Kier molecular flexibility index (Phi) is 4.16. The Hall–Kier alpha value is -2.91. The number of non-ortho nitro benzene ring substituents is 2. The van der Waals surface area contributed by atoms with E-state index < -0.39 is 9.85 Å². The normalized spacial score (nSPS) is 9.57. The van der Waals surface area contributed by atoms with Crippen LogP contribution in [0.25, 0.3) is 0 Å². The van der Waals surface area contributed by atoms with Gasteiger partial charge in [-0.1, -0.05) is 23.4 Å². The molecule has 0 heterocycles. The van der Waals surface area contributed by atoms with E-state index in [1.807, 2.05) is 0 Å². The second-order valence-corrected chi connectivity index (χ2v) is 4.38. The third-order valence-corrected chi connectivity index (χ3v) is 2.91. The molecule has 0 unspecified atom stereocenters. The summed E-state index contributed by atoms with van der Waals surface area (Å²) in [5.74, 6) is 5.47. The van der Waals surface area contributed by atoms with Gasteiger partial charge in [-0.05, 0) is 18.2 Å². The van der Waals surface area contributed by atoms with E-state index in [-0.39, 0.29) is 11.4 Å². The van der Waals surface area contributed by atoms with Gasteiger partial charge in [0.05, 0.1) is 20.4 Å². The van der Waals surface area contributed by atoms with Gasteiger partial charge in [-0.2, -0.15) is 0 Å².